The number of nitrogens with zero attached hydrogens (tertiary/aromatic N) is 4. The van der Waals surface area contributed by atoms with Crippen LogP contribution < -0.4 is 4.74 Å². The first kappa shape index (κ1) is 20.1. The predicted octanol–water partition coefficient (Wildman–Crippen LogP) is 2.78. The maximum atomic E-state index is 12.4. The van der Waals surface area contributed by atoms with Gasteiger partial charge in [-0.2, -0.15) is 16.9 Å². The number of carbonyl (C=O) groups excluding carboxylic acids is 1. The summed E-state index contributed by atoms with van der Waals surface area (Å²) in [6.45, 7) is 2.86. The van der Waals surface area contributed by atoms with Crippen molar-refractivity contribution in [3.63, 3.8) is 0 Å². The quantitative estimate of drug-likeness (QED) is 0.304. The smallest absolute Gasteiger partial charge is 0.318 e. The number of carbonyl (C=O) groups is 1. The Morgan fingerprint density at radius 2 is 2.14 bits per heavy atom. The number of methoxy groups -OCH3 is 1. The summed E-state index contributed by atoms with van der Waals surface area (Å²) in [5, 5.41) is 15.0. The molecule has 1 aromatic carbocycles. The molecule has 0 N–H and O–H groups in total. The van der Waals surface area contributed by atoms with E-state index in [1.54, 1.807) is 20.2 Å². The molecule has 28 heavy (non-hydrogen) atoms. The Hall–Kier alpha value is -2.65. The van der Waals surface area contributed by atoms with Gasteiger partial charge >= 0.3 is 5.69 Å². The molecular weight excluding hydrogens is 380 g/mol. The molecule has 0 saturated carbocycles. The van der Waals surface area contributed by atoms with Crippen LogP contribution in [0.1, 0.15) is 21.6 Å². The van der Waals surface area contributed by atoms with Crippen molar-refractivity contribution in [2.75, 3.05) is 31.7 Å². The number of thioether (sulfide) groups is 1. The highest BCUT2D eigenvalue weighted by atomic mass is 32.2. The van der Waals surface area contributed by atoms with Crippen LogP contribution in [0.15, 0.2) is 30.5 Å². The van der Waals surface area contributed by atoms with E-state index in [0.29, 0.717) is 0 Å². The highest BCUT2D eigenvalue weighted by Gasteiger charge is 2.23. The lowest BCUT2D eigenvalue weighted by Gasteiger charge is -2.26. The lowest BCUT2D eigenvalue weighted by molar-refractivity contribution is -0.385. The zero-order chi connectivity index (χ0) is 20.1. The summed E-state index contributed by atoms with van der Waals surface area (Å²) in [5.41, 5.74) is 1.42. The van der Waals surface area contributed by atoms with Crippen molar-refractivity contribution in [1.29, 1.82) is 0 Å². The molecule has 9 heteroatoms. The molecule has 1 aliphatic rings. The topological polar surface area (TPSA) is 90.5 Å². The van der Waals surface area contributed by atoms with Crippen molar-refractivity contribution in [2.24, 2.45) is 7.05 Å². The third-order valence-corrected chi connectivity index (χ3v) is 5.41. The number of ketones is 1. The van der Waals surface area contributed by atoms with Gasteiger partial charge in [-0.05, 0) is 23.8 Å². The summed E-state index contributed by atoms with van der Waals surface area (Å²) in [4.78, 5) is 25.2. The molecule has 1 aliphatic heterocycles. The Bertz CT molecular complexity index is 903. The Morgan fingerprint density at radius 3 is 2.82 bits per heavy atom. The standard InChI is InChI=1S/C19H22N4O4S/c1-21-13-16(23(25)26)19(20-21)17(24)5-3-14-4-6-18(27-2)15(11-14)12-22-7-9-28-10-8-22/h3-6,11,13H,7-10,12H2,1-2H3/b5-3+. The van der Waals surface area contributed by atoms with E-state index in [1.165, 1.54) is 17.0 Å². The van der Waals surface area contributed by atoms with Crippen LogP contribution in [0.2, 0.25) is 0 Å². The van der Waals surface area contributed by atoms with Crippen molar-refractivity contribution in [3.8, 4) is 5.75 Å². The Labute approximate surface area is 167 Å². The van der Waals surface area contributed by atoms with Gasteiger partial charge in [0.15, 0.2) is 0 Å². The highest BCUT2D eigenvalue weighted by Crippen LogP contribution is 2.24. The van der Waals surface area contributed by atoms with Gasteiger partial charge in [-0.25, -0.2) is 0 Å². The maximum absolute atomic E-state index is 12.4. The zero-order valence-electron chi connectivity index (χ0n) is 15.8. The maximum Gasteiger partial charge on any atom is 0.318 e. The van der Waals surface area contributed by atoms with Crippen LogP contribution >= 0.6 is 11.8 Å². The summed E-state index contributed by atoms with van der Waals surface area (Å²) in [6.07, 6.45) is 4.19. The molecule has 1 fully saturated rings. The molecule has 0 radical (unpaired) electrons. The molecule has 0 amide bonds. The second-order valence-electron chi connectivity index (χ2n) is 6.45. The minimum Gasteiger partial charge on any atom is -0.496 e. The van der Waals surface area contributed by atoms with Crippen molar-refractivity contribution in [1.82, 2.24) is 14.7 Å². The monoisotopic (exact) mass is 402 g/mol. The third kappa shape index (κ3) is 4.79. The second kappa shape index (κ2) is 9.03. The first-order chi connectivity index (χ1) is 13.5. The fourth-order valence-corrected chi connectivity index (χ4v) is 4.04. The molecule has 0 bridgehead atoms. The summed E-state index contributed by atoms with van der Waals surface area (Å²) in [7, 11) is 3.19. The summed E-state index contributed by atoms with van der Waals surface area (Å²) < 4.78 is 6.74. The average molecular weight is 402 g/mol. The number of hydrogen-bond acceptors (Lipinski definition) is 7. The average Bonchev–Trinajstić information content (AvgIpc) is 3.09. The molecule has 3 rings (SSSR count). The van der Waals surface area contributed by atoms with Gasteiger partial charge in [-0.1, -0.05) is 12.1 Å². The summed E-state index contributed by atoms with van der Waals surface area (Å²) in [5.74, 6) is 2.55. The van der Waals surface area contributed by atoms with Gasteiger partial charge in [0, 0.05) is 43.8 Å². The van der Waals surface area contributed by atoms with Gasteiger partial charge in [-0.15, -0.1) is 0 Å². The van der Waals surface area contributed by atoms with E-state index in [2.05, 4.69) is 10.00 Å². The molecule has 0 atom stereocenters. The van der Waals surface area contributed by atoms with Gasteiger partial charge in [0.25, 0.3) is 0 Å². The molecule has 0 unspecified atom stereocenters. The SMILES string of the molecule is COc1ccc(/C=C/C(=O)c2nn(C)cc2[N+](=O)[O-])cc1CN1CCSCC1. The number of benzene rings is 1. The van der Waals surface area contributed by atoms with Gasteiger partial charge < -0.3 is 4.74 Å². The number of nitro groups is 1. The summed E-state index contributed by atoms with van der Waals surface area (Å²) >= 11 is 1.96. The Balaban J connectivity index is 1.79. The van der Waals surface area contributed by atoms with Crippen LogP contribution in [0, 0.1) is 10.1 Å². The predicted molar refractivity (Wildman–Crippen MR) is 109 cm³/mol. The van der Waals surface area contributed by atoms with Crippen LogP contribution in [0.3, 0.4) is 0 Å². The molecule has 2 aromatic rings. The van der Waals surface area contributed by atoms with E-state index in [1.807, 2.05) is 30.0 Å². The number of allylic oxidation sites excluding steroid dienone is 1. The normalized spacial score (nSPS) is 15.1. The van der Waals surface area contributed by atoms with Crippen molar-refractivity contribution >= 4 is 29.3 Å². The number of rotatable bonds is 7. The Morgan fingerprint density at radius 1 is 1.39 bits per heavy atom. The first-order valence-corrected chi connectivity index (χ1v) is 10.0. The fraction of sp³-hybridized carbons (Fsp3) is 0.368. The van der Waals surface area contributed by atoms with E-state index < -0.39 is 10.7 Å². The molecular formula is C19H22N4O4S. The van der Waals surface area contributed by atoms with E-state index in [4.69, 9.17) is 4.74 Å². The molecule has 0 spiro atoms. The van der Waals surface area contributed by atoms with Gasteiger partial charge in [0.1, 0.15) is 11.9 Å². The molecule has 1 saturated heterocycles. The van der Waals surface area contributed by atoms with E-state index in [0.717, 1.165) is 48.0 Å². The van der Waals surface area contributed by atoms with Crippen molar-refractivity contribution < 1.29 is 14.5 Å². The molecule has 2 heterocycles. The molecule has 1 aromatic heterocycles. The van der Waals surface area contributed by atoms with E-state index in [-0.39, 0.29) is 11.4 Å². The van der Waals surface area contributed by atoms with E-state index >= 15 is 0 Å². The Kier molecular flexibility index (Phi) is 6.48. The van der Waals surface area contributed by atoms with Gasteiger partial charge in [-0.3, -0.25) is 24.5 Å². The highest BCUT2D eigenvalue weighted by molar-refractivity contribution is 7.99. The third-order valence-electron chi connectivity index (χ3n) is 4.47. The van der Waals surface area contributed by atoms with Crippen LogP contribution in [0.4, 0.5) is 5.69 Å². The largest absolute Gasteiger partial charge is 0.496 e. The number of aromatic nitrogens is 2. The summed E-state index contributed by atoms with van der Waals surface area (Å²) in [6, 6.07) is 5.71. The van der Waals surface area contributed by atoms with Crippen LogP contribution in [-0.2, 0) is 13.6 Å². The number of hydrogen-bond donors (Lipinski definition) is 0. The van der Waals surface area contributed by atoms with Gasteiger partial charge in [0.2, 0.25) is 11.5 Å². The van der Waals surface area contributed by atoms with Crippen molar-refractivity contribution in [3.05, 3.63) is 57.4 Å². The van der Waals surface area contributed by atoms with Gasteiger partial charge in [0.05, 0.1) is 12.0 Å². The minimum atomic E-state index is -0.601. The molecule has 0 aliphatic carbocycles. The van der Waals surface area contributed by atoms with Crippen molar-refractivity contribution in [2.45, 2.75) is 6.54 Å². The minimum absolute atomic E-state index is 0.164. The lowest BCUT2D eigenvalue weighted by atomic mass is 10.1. The first-order valence-electron chi connectivity index (χ1n) is 8.85. The van der Waals surface area contributed by atoms with E-state index in [9.17, 15) is 14.9 Å². The van der Waals surface area contributed by atoms with Crippen LogP contribution in [0.25, 0.3) is 6.08 Å². The molecule has 148 valence electrons. The number of ether oxygens (including phenoxy) is 1. The molecule has 8 nitrogen and oxygen atoms in total. The fourth-order valence-electron chi connectivity index (χ4n) is 3.06. The zero-order valence-corrected chi connectivity index (χ0v) is 16.6. The second-order valence-corrected chi connectivity index (χ2v) is 7.68. The van der Waals surface area contributed by atoms with Crippen LogP contribution in [-0.4, -0.2) is 57.1 Å². The van der Waals surface area contributed by atoms with Crippen LogP contribution in [0.5, 0.6) is 5.75 Å². The number of aryl methyl sites for hydroxylation is 1. The lowest BCUT2D eigenvalue weighted by Crippen LogP contribution is -2.32.